The molecule has 0 bridgehead atoms. The van der Waals surface area contributed by atoms with Gasteiger partial charge in [-0.05, 0) is 12.1 Å². The Balaban J connectivity index is 2.56. The number of aromatic nitrogens is 1. The van der Waals surface area contributed by atoms with Crippen molar-refractivity contribution in [1.29, 1.82) is 0 Å². The molecular weight excluding hydrogens is 200 g/mol. The maximum atomic E-state index is 12.1. The van der Waals surface area contributed by atoms with E-state index in [0.29, 0.717) is 12.1 Å². The van der Waals surface area contributed by atoms with E-state index in [2.05, 4.69) is 4.98 Å². The smallest absolute Gasteiger partial charge is 0.167 e. The molecule has 1 unspecified atom stereocenters. The molecule has 0 spiro atoms. The summed E-state index contributed by atoms with van der Waals surface area (Å²) in [6.45, 7) is 2.22. The van der Waals surface area contributed by atoms with E-state index in [1.807, 2.05) is 37.3 Å². The summed E-state index contributed by atoms with van der Waals surface area (Å²) in [5.41, 5.74) is 7.07. The lowest BCUT2D eigenvalue weighted by molar-refractivity contribution is 0.0936. The predicted octanol–water partition coefficient (Wildman–Crippen LogP) is 2.01. The molecule has 2 aromatic rings. The van der Waals surface area contributed by atoms with Gasteiger partial charge in [-0.15, -0.1) is 0 Å². The van der Waals surface area contributed by atoms with Crippen LogP contribution in [0.4, 0.5) is 0 Å². The van der Waals surface area contributed by atoms with Crippen LogP contribution in [0.2, 0.25) is 0 Å². The molecule has 16 heavy (non-hydrogen) atoms. The Labute approximate surface area is 94.3 Å². The van der Waals surface area contributed by atoms with Crippen LogP contribution in [0.1, 0.15) is 17.3 Å². The largest absolute Gasteiger partial charge is 0.330 e. The molecule has 0 aliphatic heterocycles. The van der Waals surface area contributed by atoms with E-state index in [1.54, 1.807) is 6.20 Å². The van der Waals surface area contributed by atoms with Crippen molar-refractivity contribution in [1.82, 2.24) is 4.98 Å². The van der Waals surface area contributed by atoms with Gasteiger partial charge in [-0.2, -0.15) is 0 Å². The summed E-state index contributed by atoms with van der Waals surface area (Å²) in [5.74, 6) is -0.0630. The van der Waals surface area contributed by atoms with Crippen molar-refractivity contribution in [2.24, 2.45) is 11.7 Å². The van der Waals surface area contributed by atoms with Gasteiger partial charge in [0.1, 0.15) is 0 Å². The minimum absolute atomic E-state index is 0.0844. The van der Waals surface area contributed by atoms with Gasteiger partial charge in [-0.25, -0.2) is 0 Å². The molecule has 82 valence electrons. The fourth-order valence-corrected chi connectivity index (χ4v) is 1.69. The van der Waals surface area contributed by atoms with Gasteiger partial charge in [0.2, 0.25) is 0 Å². The zero-order chi connectivity index (χ0) is 11.5. The third-order valence-electron chi connectivity index (χ3n) is 2.71. The van der Waals surface area contributed by atoms with Gasteiger partial charge in [0.05, 0.1) is 5.52 Å². The molecule has 1 heterocycles. The molecule has 0 aliphatic rings. The average molecular weight is 214 g/mol. The topological polar surface area (TPSA) is 56.0 Å². The Bertz CT molecular complexity index is 517. The molecular formula is C13H14N2O. The molecule has 3 heteroatoms. The Morgan fingerprint density at radius 2 is 2.19 bits per heavy atom. The van der Waals surface area contributed by atoms with E-state index in [4.69, 9.17) is 5.73 Å². The maximum Gasteiger partial charge on any atom is 0.167 e. The minimum atomic E-state index is -0.147. The predicted molar refractivity (Wildman–Crippen MR) is 64.3 cm³/mol. The lowest BCUT2D eigenvalue weighted by Gasteiger charge is -2.09. The summed E-state index contributed by atoms with van der Waals surface area (Å²) < 4.78 is 0. The fourth-order valence-electron chi connectivity index (χ4n) is 1.69. The zero-order valence-corrected chi connectivity index (χ0v) is 9.18. The van der Waals surface area contributed by atoms with Gasteiger partial charge in [-0.1, -0.05) is 25.1 Å². The molecule has 1 aromatic carbocycles. The van der Waals surface area contributed by atoms with Crippen LogP contribution in [0.5, 0.6) is 0 Å². The fraction of sp³-hybridized carbons (Fsp3) is 0.231. The first-order valence-electron chi connectivity index (χ1n) is 5.32. The number of hydrogen-bond acceptors (Lipinski definition) is 3. The summed E-state index contributed by atoms with van der Waals surface area (Å²) in [4.78, 5) is 16.3. The van der Waals surface area contributed by atoms with Gasteiger partial charge in [-0.3, -0.25) is 9.78 Å². The number of ketones is 1. The Morgan fingerprint density at radius 1 is 1.38 bits per heavy atom. The highest BCUT2D eigenvalue weighted by molar-refractivity contribution is 6.08. The zero-order valence-electron chi connectivity index (χ0n) is 9.18. The number of nitrogens with zero attached hydrogens (tertiary/aromatic N) is 1. The van der Waals surface area contributed by atoms with Crippen molar-refractivity contribution in [2.45, 2.75) is 6.92 Å². The van der Waals surface area contributed by atoms with E-state index in [1.165, 1.54) is 0 Å². The van der Waals surface area contributed by atoms with Crippen LogP contribution in [0.3, 0.4) is 0 Å². The molecule has 1 aromatic heterocycles. The van der Waals surface area contributed by atoms with Crippen molar-refractivity contribution in [3.8, 4) is 0 Å². The van der Waals surface area contributed by atoms with E-state index < -0.39 is 0 Å². The van der Waals surface area contributed by atoms with Gasteiger partial charge >= 0.3 is 0 Å². The van der Waals surface area contributed by atoms with Crippen molar-refractivity contribution >= 4 is 16.7 Å². The van der Waals surface area contributed by atoms with Gasteiger partial charge in [0.15, 0.2) is 5.78 Å². The van der Waals surface area contributed by atoms with Crippen LogP contribution in [-0.2, 0) is 0 Å². The van der Waals surface area contributed by atoms with Crippen LogP contribution in [-0.4, -0.2) is 17.3 Å². The normalized spacial score (nSPS) is 12.6. The molecule has 3 nitrogen and oxygen atoms in total. The molecule has 0 fully saturated rings. The van der Waals surface area contributed by atoms with Crippen LogP contribution < -0.4 is 5.73 Å². The second-order valence-electron chi connectivity index (χ2n) is 3.88. The molecule has 0 saturated heterocycles. The molecule has 0 aliphatic carbocycles. The van der Waals surface area contributed by atoms with Crippen molar-refractivity contribution in [2.75, 3.05) is 6.54 Å². The minimum Gasteiger partial charge on any atom is -0.330 e. The first kappa shape index (κ1) is 10.8. The van der Waals surface area contributed by atoms with Crippen LogP contribution in [0, 0.1) is 5.92 Å². The third-order valence-corrected chi connectivity index (χ3v) is 2.71. The van der Waals surface area contributed by atoms with E-state index in [-0.39, 0.29) is 11.7 Å². The number of benzene rings is 1. The molecule has 0 amide bonds. The highest BCUT2D eigenvalue weighted by Crippen LogP contribution is 2.19. The van der Waals surface area contributed by atoms with Crippen LogP contribution >= 0.6 is 0 Å². The second kappa shape index (κ2) is 4.41. The van der Waals surface area contributed by atoms with Gasteiger partial charge < -0.3 is 5.73 Å². The number of hydrogen-bond donors (Lipinski definition) is 1. The van der Waals surface area contributed by atoms with Crippen LogP contribution in [0.25, 0.3) is 10.9 Å². The van der Waals surface area contributed by atoms with E-state index >= 15 is 0 Å². The number of carbonyl (C=O) groups is 1. The van der Waals surface area contributed by atoms with Gasteiger partial charge in [0.25, 0.3) is 0 Å². The standard InChI is InChI=1S/C13H14N2O/c1-9(8-14)13(16)11-4-2-6-12-10(11)5-3-7-15-12/h2-7,9H,8,14H2,1H3. The van der Waals surface area contributed by atoms with Crippen molar-refractivity contribution < 1.29 is 4.79 Å². The Morgan fingerprint density at radius 3 is 2.94 bits per heavy atom. The number of rotatable bonds is 3. The summed E-state index contributed by atoms with van der Waals surface area (Å²) in [7, 11) is 0. The van der Waals surface area contributed by atoms with Crippen LogP contribution in [0.15, 0.2) is 36.5 Å². The molecule has 2 N–H and O–H groups in total. The number of pyridine rings is 1. The van der Waals surface area contributed by atoms with Crippen molar-refractivity contribution in [3.63, 3.8) is 0 Å². The maximum absolute atomic E-state index is 12.1. The highest BCUT2D eigenvalue weighted by atomic mass is 16.1. The van der Waals surface area contributed by atoms with Crippen molar-refractivity contribution in [3.05, 3.63) is 42.1 Å². The molecule has 2 rings (SSSR count). The van der Waals surface area contributed by atoms with E-state index in [0.717, 1.165) is 10.9 Å². The first-order valence-corrected chi connectivity index (χ1v) is 5.32. The Hall–Kier alpha value is -1.74. The average Bonchev–Trinajstić information content (AvgIpc) is 2.36. The number of nitrogens with two attached hydrogens (primary N) is 1. The molecule has 1 atom stereocenters. The number of Topliss-reactive ketones (excluding diaryl/α,β-unsaturated/α-hetero) is 1. The monoisotopic (exact) mass is 214 g/mol. The molecule has 0 saturated carbocycles. The number of fused-ring (bicyclic) bond motifs is 1. The first-order chi connectivity index (χ1) is 7.74. The number of carbonyl (C=O) groups excluding carboxylic acids is 1. The molecule has 0 radical (unpaired) electrons. The summed E-state index contributed by atoms with van der Waals surface area (Å²) in [6, 6.07) is 9.34. The summed E-state index contributed by atoms with van der Waals surface area (Å²) in [5, 5.41) is 0.898. The third kappa shape index (κ3) is 1.82. The quantitative estimate of drug-likeness (QED) is 0.795. The summed E-state index contributed by atoms with van der Waals surface area (Å²) >= 11 is 0. The van der Waals surface area contributed by atoms with E-state index in [9.17, 15) is 4.79 Å². The lowest BCUT2D eigenvalue weighted by atomic mass is 9.96. The Kier molecular flexibility index (Phi) is 2.97. The highest BCUT2D eigenvalue weighted by Gasteiger charge is 2.15. The van der Waals surface area contributed by atoms with Gasteiger partial charge in [0, 0.05) is 29.6 Å². The summed E-state index contributed by atoms with van der Waals surface area (Å²) in [6.07, 6.45) is 1.73. The SMILES string of the molecule is CC(CN)C(=O)c1cccc2ncccc12. The second-order valence-corrected chi connectivity index (χ2v) is 3.88. The lowest BCUT2D eigenvalue weighted by Crippen LogP contribution is -2.20.